The van der Waals surface area contributed by atoms with E-state index in [2.05, 4.69) is 30.6 Å². The molecule has 92 valence electrons. The van der Waals surface area contributed by atoms with Crippen LogP contribution in [0.25, 0.3) is 0 Å². The van der Waals surface area contributed by atoms with Crippen molar-refractivity contribution in [3.63, 3.8) is 0 Å². The van der Waals surface area contributed by atoms with Crippen LogP contribution in [0, 0.1) is 5.41 Å². The molecule has 1 aliphatic carbocycles. The van der Waals surface area contributed by atoms with Gasteiger partial charge in [0.15, 0.2) is 0 Å². The molecule has 2 heterocycles. The molecule has 0 unspecified atom stereocenters. The van der Waals surface area contributed by atoms with E-state index in [0.717, 1.165) is 6.04 Å². The van der Waals surface area contributed by atoms with Crippen molar-refractivity contribution in [1.82, 2.24) is 9.80 Å². The summed E-state index contributed by atoms with van der Waals surface area (Å²) in [4.78, 5) is 5.44. The zero-order valence-corrected chi connectivity index (χ0v) is 11.1. The zero-order chi connectivity index (χ0) is 11.4. The summed E-state index contributed by atoms with van der Waals surface area (Å²) in [5, 5.41) is 0. The fourth-order valence-electron chi connectivity index (χ4n) is 3.49. The Balaban J connectivity index is 1.59. The van der Waals surface area contributed by atoms with Crippen LogP contribution in [0.5, 0.6) is 0 Å². The van der Waals surface area contributed by atoms with Gasteiger partial charge in [-0.2, -0.15) is 0 Å². The lowest BCUT2D eigenvalue weighted by atomic mass is 9.71. The SMILES string of the molecule is CC(C)(C)N1CC2(CCCN(C3CC3)C2)C1. The Bertz CT molecular complexity index is 269. The third-order valence-corrected chi connectivity index (χ3v) is 4.76. The normalized spacial score (nSPS) is 31.7. The first kappa shape index (κ1) is 11.0. The van der Waals surface area contributed by atoms with Crippen molar-refractivity contribution in [2.45, 2.75) is 58.0 Å². The molecule has 2 nitrogen and oxygen atoms in total. The van der Waals surface area contributed by atoms with Gasteiger partial charge in [0.1, 0.15) is 0 Å². The van der Waals surface area contributed by atoms with Gasteiger partial charge in [0.25, 0.3) is 0 Å². The quantitative estimate of drug-likeness (QED) is 0.672. The topological polar surface area (TPSA) is 6.48 Å². The molecule has 2 heteroatoms. The predicted octanol–water partition coefficient (Wildman–Crippen LogP) is 2.35. The molecule has 0 aromatic heterocycles. The van der Waals surface area contributed by atoms with Gasteiger partial charge in [-0.25, -0.2) is 0 Å². The van der Waals surface area contributed by atoms with Crippen LogP contribution in [-0.2, 0) is 0 Å². The minimum Gasteiger partial charge on any atom is -0.300 e. The fourth-order valence-corrected chi connectivity index (χ4v) is 3.49. The second-order valence-corrected chi connectivity index (χ2v) is 7.33. The van der Waals surface area contributed by atoms with Crippen LogP contribution in [0.2, 0.25) is 0 Å². The Morgan fingerprint density at radius 1 is 1.06 bits per heavy atom. The number of likely N-dealkylation sites (tertiary alicyclic amines) is 2. The molecule has 0 aromatic rings. The summed E-state index contributed by atoms with van der Waals surface area (Å²) < 4.78 is 0. The van der Waals surface area contributed by atoms with Crippen LogP contribution < -0.4 is 0 Å². The molecular formula is C14H26N2. The molecule has 3 rings (SSSR count). The number of rotatable bonds is 1. The van der Waals surface area contributed by atoms with Gasteiger partial charge in [-0.05, 0) is 53.0 Å². The van der Waals surface area contributed by atoms with Crippen LogP contribution in [0.4, 0.5) is 0 Å². The molecule has 0 aromatic carbocycles. The Labute approximate surface area is 100.0 Å². The van der Waals surface area contributed by atoms with E-state index < -0.39 is 0 Å². The van der Waals surface area contributed by atoms with E-state index in [9.17, 15) is 0 Å². The maximum absolute atomic E-state index is 2.78. The van der Waals surface area contributed by atoms with E-state index in [1.54, 1.807) is 0 Å². The van der Waals surface area contributed by atoms with Crippen LogP contribution in [0.3, 0.4) is 0 Å². The average molecular weight is 222 g/mol. The van der Waals surface area contributed by atoms with Gasteiger partial charge >= 0.3 is 0 Å². The molecule has 2 saturated heterocycles. The Morgan fingerprint density at radius 3 is 2.31 bits per heavy atom. The summed E-state index contributed by atoms with van der Waals surface area (Å²) in [6.45, 7) is 12.5. The summed E-state index contributed by atoms with van der Waals surface area (Å²) in [6, 6.07) is 0.973. The van der Waals surface area contributed by atoms with E-state index in [0.29, 0.717) is 11.0 Å². The third-order valence-electron chi connectivity index (χ3n) is 4.76. The summed E-state index contributed by atoms with van der Waals surface area (Å²) in [6.07, 6.45) is 5.86. The first-order valence-corrected chi connectivity index (χ1v) is 6.98. The highest BCUT2D eigenvalue weighted by atomic mass is 15.3. The summed E-state index contributed by atoms with van der Waals surface area (Å²) in [7, 11) is 0. The minimum atomic E-state index is 0.382. The number of hydrogen-bond acceptors (Lipinski definition) is 2. The summed E-state index contributed by atoms with van der Waals surface area (Å²) >= 11 is 0. The molecule has 1 spiro atoms. The first-order chi connectivity index (χ1) is 7.49. The molecule has 3 fully saturated rings. The maximum atomic E-state index is 2.78. The lowest BCUT2D eigenvalue weighted by Crippen LogP contribution is -2.67. The molecule has 0 amide bonds. The monoisotopic (exact) mass is 222 g/mol. The molecule has 0 N–H and O–H groups in total. The predicted molar refractivity (Wildman–Crippen MR) is 67.6 cm³/mol. The highest BCUT2D eigenvalue weighted by Crippen LogP contribution is 2.44. The second kappa shape index (κ2) is 3.46. The molecule has 3 aliphatic rings. The molecule has 0 atom stereocenters. The maximum Gasteiger partial charge on any atom is 0.0125 e. The highest BCUT2D eigenvalue weighted by Gasteiger charge is 2.50. The lowest BCUT2D eigenvalue weighted by Gasteiger charge is -2.59. The van der Waals surface area contributed by atoms with Gasteiger partial charge in [-0.1, -0.05) is 0 Å². The molecule has 0 radical (unpaired) electrons. The number of piperidine rings is 1. The Kier molecular flexibility index (Phi) is 2.38. The number of nitrogens with zero attached hydrogens (tertiary/aromatic N) is 2. The van der Waals surface area contributed by atoms with Gasteiger partial charge in [0.2, 0.25) is 0 Å². The van der Waals surface area contributed by atoms with Crippen molar-refractivity contribution in [1.29, 1.82) is 0 Å². The Morgan fingerprint density at radius 2 is 1.75 bits per heavy atom. The van der Waals surface area contributed by atoms with Crippen LogP contribution in [0.15, 0.2) is 0 Å². The van der Waals surface area contributed by atoms with E-state index in [1.807, 2.05) is 0 Å². The molecule has 0 bridgehead atoms. The Hall–Kier alpha value is -0.0800. The molecular weight excluding hydrogens is 196 g/mol. The van der Waals surface area contributed by atoms with Gasteiger partial charge in [0.05, 0.1) is 0 Å². The zero-order valence-electron chi connectivity index (χ0n) is 11.1. The minimum absolute atomic E-state index is 0.382. The van der Waals surface area contributed by atoms with E-state index in [-0.39, 0.29) is 0 Å². The van der Waals surface area contributed by atoms with Gasteiger partial charge in [-0.3, -0.25) is 9.80 Å². The van der Waals surface area contributed by atoms with Crippen LogP contribution >= 0.6 is 0 Å². The molecule has 16 heavy (non-hydrogen) atoms. The van der Waals surface area contributed by atoms with Crippen molar-refractivity contribution in [2.24, 2.45) is 5.41 Å². The van der Waals surface area contributed by atoms with Crippen molar-refractivity contribution >= 4 is 0 Å². The van der Waals surface area contributed by atoms with Gasteiger partial charge < -0.3 is 0 Å². The highest BCUT2D eigenvalue weighted by molar-refractivity contribution is 5.04. The fraction of sp³-hybridized carbons (Fsp3) is 1.00. The second-order valence-electron chi connectivity index (χ2n) is 7.33. The molecule has 1 saturated carbocycles. The largest absolute Gasteiger partial charge is 0.300 e. The third kappa shape index (κ3) is 1.91. The summed E-state index contributed by atoms with van der Waals surface area (Å²) in [5.41, 5.74) is 1.06. The van der Waals surface area contributed by atoms with Crippen molar-refractivity contribution in [3.05, 3.63) is 0 Å². The van der Waals surface area contributed by atoms with Crippen LogP contribution in [-0.4, -0.2) is 47.6 Å². The average Bonchev–Trinajstić information content (AvgIpc) is 2.95. The van der Waals surface area contributed by atoms with E-state index >= 15 is 0 Å². The van der Waals surface area contributed by atoms with Gasteiger partial charge in [-0.15, -0.1) is 0 Å². The van der Waals surface area contributed by atoms with Gasteiger partial charge in [0, 0.05) is 36.6 Å². The van der Waals surface area contributed by atoms with Crippen molar-refractivity contribution in [2.75, 3.05) is 26.2 Å². The van der Waals surface area contributed by atoms with Crippen molar-refractivity contribution in [3.8, 4) is 0 Å². The summed E-state index contributed by atoms with van der Waals surface area (Å²) in [5.74, 6) is 0. The van der Waals surface area contributed by atoms with E-state index in [1.165, 1.54) is 51.9 Å². The van der Waals surface area contributed by atoms with Crippen LogP contribution in [0.1, 0.15) is 46.5 Å². The van der Waals surface area contributed by atoms with Crippen molar-refractivity contribution < 1.29 is 0 Å². The number of hydrogen-bond donors (Lipinski definition) is 0. The standard InChI is InChI=1S/C14H26N2/c1-13(2,3)16-10-14(11-16)7-4-8-15(9-14)12-5-6-12/h12H,4-11H2,1-3H3. The first-order valence-electron chi connectivity index (χ1n) is 6.98. The molecule has 2 aliphatic heterocycles. The smallest absolute Gasteiger partial charge is 0.0125 e. The lowest BCUT2D eigenvalue weighted by molar-refractivity contribution is -0.0967. The van der Waals surface area contributed by atoms with E-state index in [4.69, 9.17) is 0 Å².